The molecular weight excluding hydrogens is 396 g/mol. The Morgan fingerprint density at radius 2 is 2.12 bits per heavy atom. The van der Waals surface area contributed by atoms with Crippen LogP contribution in [0.5, 0.6) is 11.5 Å². The fourth-order valence-electron chi connectivity index (χ4n) is 2.18. The van der Waals surface area contributed by atoms with E-state index in [4.69, 9.17) is 14.2 Å². The third-order valence-electron chi connectivity index (χ3n) is 3.40. The van der Waals surface area contributed by atoms with Gasteiger partial charge < -0.3 is 19.5 Å². The molecule has 0 spiro atoms. The topological polar surface area (TPSA) is 94.2 Å². The Kier molecular flexibility index (Phi) is 6.63. The van der Waals surface area contributed by atoms with Crippen LogP contribution in [0.2, 0.25) is 0 Å². The number of ether oxygens (including phenoxy) is 3. The number of urea groups is 1. The van der Waals surface area contributed by atoms with Gasteiger partial charge in [0.15, 0.2) is 18.1 Å². The van der Waals surface area contributed by atoms with Gasteiger partial charge in [-0.3, -0.25) is 9.69 Å². The first-order chi connectivity index (χ1) is 12.0. The highest BCUT2D eigenvalue weighted by atomic mass is 79.9. The molecule has 0 aromatic heterocycles. The minimum absolute atomic E-state index is 0.200. The third kappa shape index (κ3) is 4.62. The summed E-state index contributed by atoms with van der Waals surface area (Å²) < 4.78 is 16.4. The lowest BCUT2D eigenvalue weighted by molar-refractivity contribution is -0.130. The normalized spacial score (nSPS) is 13.4. The Hall–Kier alpha value is -2.29. The van der Waals surface area contributed by atoms with Gasteiger partial charge in [0.1, 0.15) is 0 Å². The zero-order valence-electron chi connectivity index (χ0n) is 14.0. The first-order valence-corrected chi connectivity index (χ1v) is 8.52. The number of hydrogen-bond donors (Lipinski definition) is 1. The maximum atomic E-state index is 12.2. The maximum absolute atomic E-state index is 12.2. The smallest absolute Gasteiger partial charge is 0.338 e. The number of esters is 1. The van der Waals surface area contributed by atoms with Crippen molar-refractivity contribution in [1.29, 1.82) is 0 Å². The number of carbonyl (C=O) groups is 3. The highest BCUT2D eigenvalue weighted by Crippen LogP contribution is 2.37. The quantitative estimate of drug-likeness (QED) is 0.685. The van der Waals surface area contributed by atoms with Crippen LogP contribution >= 0.6 is 15.9 Å². The lowest BCUT2D eigenvalue weighted by Gasteiger charge is -2.14. The van der Waals surface area contributed by atoms with Crippen molar-refractivity contribution in [3.63, 3.8) is 0 Å². The van der Waals surface area contributed by atoms with E-state index in [0.29, 0.717) is 29.1 Å². The van der Waals surface area contributed by atoms with Gasteiger partial charge in [-0.2, -0.15) is 0 Å². The van der Waals surface area contributed by atoms with Gasteiger partial charge in [0, 0.05) is 13.1 Å². The second kappa shape index (κ2) is 8.70. The second-order valence-electron chi connectivity index (χ2n) is 5.19. The summed E-state index contributed by atoms with van der Waals surface area (Å²) in [4.78, 5) is 36.5. The zero-order chi connectivity index (χ0) is 18.4. The molecular formula is C16H19BrN2O6. The van der Waals surface area contributed by atoms with Gasteiger partial charge in [0.2, 0.25) is 0 Å². The lowest BCUT2D eigenvalue weighted by atomic mass is 10.2. The molecule has 1 aromatic carbocycles. The molecule has 0 unspecified atom stereocenters. The molecule has 1 aliphatic rings. The molecule has 25 heavy (non-hydrogen) atoms. The molecule has 2 rings (SSSR count). The van der Waals surface area contributed by atoms with Crippen LogP contribution in [0.15, 0.2) is 16.6 Å². The Morgan fingerprint density at radius 1 is 1.36 bits per heavy atom. The van der Waals surface area contributed by atoms with Crippen LogP contribution in [0.25, 0.3) is 0 Å². The van der Waals surface area contributed by atoms with Gasteiger partial charge in [-0.05, 0) is 34.5 Å². The van der Waals surface area contributed by atoms with Crippen molar-refractivity contribution in [2.75, 3.05) is 33.4 Å². The first-order valence-electron chi connectivity index (χ1n) is 7.73. The van der Waals surface area contributed by atoms with Crippen LogP contribution in [-0.4, -0.2) is 56.2 Å². The van der Waals surface area contributed by atoms with E-state index >= 15 is 0 Å². The summed E-state index contributed by atoms with van der Waals surface area (Å²) >= 11 is 3.34. The van der Waals surface area contributed by atoms with Crippen LogP contribution in [0.1, 0.15) is 23.7 Å². The molecule has 0 saturated carbocycles. The molecule has 9 heteroatoms. The molecule has 1 heterocycles. The Balaban J connectivity index is 2.04. The van der Waals surface area contributed by atoms with E-state index in [2.05, 4.69) is 21.2 Å². The number of carbonyl (C=O) groups excluding carboxylic acids is 3. The molecule has 136 valence electrons. The monoisotopic (exact) mass is 414 g/mol. The summed E-state index contributed by atoms with van der Waals surface area (Å²) in [6, 6.07) is 2.52. The summed E-state index contributed by atoms with van der Waals surface area (Å²) in [5, 5.41) is 2.50. The Morgan fingerprint density at radius 3 is 2.72 bits per heavy atom. The second-order valence-corrected chi connectivity index (χ2v) is 6.05. The van der Waals surface area contributed by atoms with Gasteiger partial charge in [0.25, 0.3) is 5.91 Å². The molecule has 1 N–H and O–H groups in total. The highest BCUT2D eigenvalue weighted by Gasteiger charge is 2.27. The van der Waals surface area contributed by atoms with Crippen LogP contribution in [0.4, 0.5) is 4.79 Å². The van der Waals surface area contributed by atoms with E-state index < -0.39 is 24.5 Å². The highest BCUT2D eigenvalue weighted by molar-refractivity contribution is 9.10. The van der Waals surface area contributed by atoms with Crippen LogP contribution in [0.3, 0.4) is 0 Å². The number of nitrogens with zero attached hydrogens (tertiary/aromatic N) is 1. The van der Waals surface area contributed by atoms with Crippen molar-refractivity contribution in [2.45, 2.75) is 13.3 Å². The van der Waals surface area contributed by atoms with Gasteiger partial charge in [-0.1, -0.05) is 6.92 Å². The fourth-order valence-corrected chi connectivity index (χ4v) is 2.74. The number of benzene rings is 1. The van der Waals surface area contributed by atoms with Crippen molar-refractivity contribution < 1.29 is 28.6 Å². The van der Waals surface area contributed by atoms with Gasteiger partial charge >= 0.3 is 12.0 Å². The van der Waals surface area contributed by atoms with E-state index in [0.717, 1.165) is 11.3 Å². The third-order valence-corrected chi connectivity index (χ3v) is 3.99. The molecule has 0 radical (unpaired) electrons. The van der Waals surface area contributed by atoms with E-state index in [1.54, 1.807) is 0 Å². The van der Waals surface area contributed by atoms with Crippen molar-refractivity contribution in [1.82, 2.24) is 10.2 Å². The standard InChI is InChI=1S/C16H19BrN2O6/c1-3-6-24-14-11(17)7-10(8-12(14)23-2)15(21)25-9-13(20)19-5-4-18-16(19)22/h7-8H,3-6,9H2,1-2H3,(H,18,22). The van der Waals surface area contributed by atoms with Gasteiger partial charge in [0.05, 0.1) is 23.8 Å². The van der Waals surface area contributed by atoms with Crippen LogP contribution in [-0.2, 0) is 9.53 Å². The number of rotatable bonds is 7. The summed E-state index contributed by atoms with van der Waals surface area (Å²) in [5.74, 6) is -0.406. The molecule has 1 saturated heterocycles. The summed E-state index contributed by atoms with van der Waals surface area (Å²) in [7, 11) is 1.46. The molecule has 1 aromatic rings. The lowest BCUT2D eigenvalue weighted by Crippen LogP contribution is -2.37. The maximum Gasteiger partial charge on any atom is 0.338 e. The molecule has 1 aliphatic heterocycles. The van der Waals surface area contributed by atoms with Crippen molar-refractivity contribution in [3.8, 4) is 11.5 Å². The largest absolute Gasteiger partial charge is 0.493 e. The molecule has 0 aliphatic carbocycles. The number of methoxy groups -OCH3 is 1. The fraction of sp³-hybridized carbons (Fsp3) is 0.438. The van der Waals surface area contributed by atoms with Crippen LogP contribution in [0, 0.1) is 0 Å². The molecule has 0 bridgehead atoms. The first kappa shape index (κ1) is 19.0. The van der Waals surface area contributed by atoms with E-state index in [9.17, 15) is 14.4 Å². The van der Waals surface area contributed by atoms with E-state index in [-0.39, 0.29) is 12.1 Å². The average Bonchev–Trinajstić information content (AvgIpc) is 3.03. The molecule has 0 atom stereocenters. The number of nitrogens with one attached hydrogen (secondary N) is 1. The van der Waals surface area contributed by atoms with E-state index in [1.165, 1.54) is 19.2 Å². The summed E-state index contributed by atoms with van der Waals surface area (Å²) in [6.45, 7) is 2.62. The summed E-state index contributed by atoms with van der Waals surface area (Å²) in [5.41, 5.74) is 0.200. The van der Waals surface area contributed by atoms with E-state index in [1.807, 2.05) is 6.92 Å². The van der Waals surface area contributed by atoms with Gasteiger partial charge in [-0.25, -0.2) is 9.59 Å². The van der Waals surface area contributed by atoms with Crippen molar-refractivity contribution in [3.05, 3.63) is 22.2 Å². The van der Waals surface area contributed by atoms with Crippen molar-refractivity contribution in [2.24, 2.45) is 0 Å². The SMILES string of the molecule is CCCOc1c(Br)cc(C(=O)OCC(=O)N2CCNC2=O)cc1OC. The number of halogens is 1. The summed E-state index contributed by atoms with van der Waals surface area (Å²) in [6.07, 6.45) is 0.825. The number of hydrogen-bond acceptors (Lipinski definition) is 6. The number of imide groups is 1. The molecule has 1 fully saturated rings. The van der Waals surface area contributed by atoms with Crippen molar-refractivity contribution >= 4 is 33.8 Å². The Bertz CT molecular complexity index is 679. The average molecular weight is 415 g/mol. The predicted octanol–water partition coefficient (Wildman–Crippen LogP) is 1.96. The minimum Gasteiger partial charge on any atom is -0.493 e. The minimum atomic E-state index is -0.700. The molecule has 3 amide bonds. The number of amides is 3. The molecule has 8 nitrogen and oxygen atoms in total. The Labute approximate surface area is 153 Å². The van der Waals surface area contributed by atoms with Gasteiger partial charge in [-0.15, -0.1) is 0 Å². The predicted molar refractivity (Wildman–Crippen MR) is 91.9 cm³/mol. The van der Waals surface area contributed by atoms with Crippen LogP contribution < -0.4 is 14.8 Å². The zero-order valence-corrected chi connectivity index (χ0v) is 15.6.